The summed E-state index contributed by atoms with van der Waals surface area (Å²) >= 11 is 1.52. The van der Waals surface area contributed by atoms with E-state index < -0.39 is 0 Å². The second kappa shape index (κ2) is 8.80. The molecule has 0 aliphatic carbocycles. The van der Waals surface area contributed by atoms with Crippen LogP contribution in [0.3, 0.4) is 0 Å². The summed E-state index contributed by atoms with van der Waals surface area (Å²) < 4.78 is 6.94. The number of hydrogen-bond donors (Lipinski definition) is 1. The van der Waals surface area contributed by atoms with Crippen molar-refractivity contribution < 1.29 is 9.84 Å². The molecule has 2 aromatic carbocycles. The molecule has 166 valence electrons. The van der Waals surface area contributed by atoms with E-state index in [0.29, 0.717) is 0 Å². The fourth-order valence-corrected chi connectivity index (χ4v) is 5.45. The van der Waals surface area contributed by atoms with Crippen molar-refractivity contribution in [1.82, 2.24) is 19.5 Å². The van der Waals surface area contributed by atoms with Crippen LogP contribution < -0.4 is 9.64 Å². The summed E-state index contributed by atoms with van der Waals surface area (Å²) in [4.78, 5) is 11.0. The summed E-state index contributed by atoms with van der Waals surface area (Å²) in [6.07, 6.45) is 0.743. The molecule has 8 heteroatoms. The highest BCUT2D eigenvalue weighted by atomic mass is 32.1. The standard InChI is InChI=1S/C24H27N5O2S/c1-3-20-25-24-29(26-20)23(30)22(32-24)21(17-9-11-19(31-2)12-10-17)28-15-13-27(14-16-28)18-7-5-4-6-8-18/h4-12,21,30H,3,13-16H2,1-2H3/t21-/m0/s1. The molecule has 4 aromatic rings. The number of anilines is 1. The van der Waals surface area contributed by atoms with E-state index in [1.165, 1.54) is 17.0 Å². The summed E-state index contributed by atoms with van der Waals surface area (Å²) in [6.45, 7) is 5.65. The van der Waals surface area contributed by atoms with Gasteiger partial charge in [-0.1, -0.05) is 48.6 Å². The van der Waals surface area contributed by atoms with Gasteiger partial charge < -0.3 is 14.7 Å². The Morgan fingerprint density at radius 2 is 1.75 bits per heavy atom. The van der Waals surface area contributed by atoms with Gasteiger partial charge in [0.05, 0.1) is 18.0 Å². The minimum absolute atomic E-state index is 0.0718. The van der Waals surface area contributed by atoms with Crippen molar-refractivity contribution >= 4 is 22.0 Å². The molecule has 0 saturated carbocycles. The lowest BCUT2D eigenvalue weighted by atomic mass is 10.0. The molecule has 2 aromatic heterocycles. The van der Waals surface area contributed by atoms with Gasteiger partial charge in [0, 0.05) is 38.3 Å². The van der Waals surface area contributed by atoms with Crippen molar-refractivity contribution in [2.45, 2.75) is 19.4 Å². The summed E-state index contributed by atoms with van der Waals surface area (Å²) in [5.74, 6) is 1.75. The number of benzene rings is 2. The molecule has 1 atom stereocenters. The Kier molecular flexibility index (Phi) is 5.71. The number of piperazine rings is 1. The van der Waals surface area contributed by atoms with E-state index in [0.717, 1.165) is 59.6 Å². The number of thiazole rings is 1. The molecule has 5 rings (SSSR count). The highest BCUT2D eigenvalue weighted by molar-refractivity contribution is 7.17. The normalized spacial score (nSPS) is 15.9. The lowest BCUT2D eigenvalue weighted by Gasteiger charge is -2.40. The first-order valence-electron chi connectivity index (χ1n) is 10.9. The summed E-state index contributed by atoms with van der Waals surface area (Å²) in [7, 11) is 1.67. The first-order chi connectivity index (χ1) is 15.7. The summed E-state index contributed by atoms with van der Waals surface area (Å²) in [6, 6.07) is 18.6. The molecule has 1 saturated heterocycles. The van der Waals surface area contributed by atoms with E-state index >= 15 is 0 Å². The molecule has 1 N–H and O–H groups in total. The number of hydrogen-bond acceptors (Lipinski definition) is 7. The third kappa shape index (κ3) is 3.80. The molecule has 0 spiro atoms. The third-order valence-corrected chi connectivity index (χ3v) is 7.11. The number of fused-ring (bicyclic) bond motifs is 1. The van der Waals surface area contributed by atoms with Crippen LogP contribution >= 0.6 is 11.3 Å². The topological polar surface area (TPSA) is 66.1 Å². The Morgan fingerprint density at radius 3 is 2.38 bits per heavy atom. The molecule has 1 aliphatic heterocycles. The van der Waals surface area contributed by atoms with Crippen molar-refractivity contribution in [2.75, 3.05) is 38.2 Å². The number of para-hydroxylation sites is 1. The first-order valence-corrected chi connectivity index (χ1v) is 11.7. The van der Waals surface area contributed by atoms with Crippen LogP contribution in [0.4, 0.5) is 5.69 Å². The van der Waals surface area contributed by atoms with Crippen LogP contribution in [-0.2, 0) is 6.42 Å². The highest BCUT2D eigenvalue weighted by Crippen LogP contribution is 2.40. The average molecular weight is 450 g/mol. The van der Waals surface area contributed by atoms with Crippen molar-refractivity contribution in [2.24, 2.45) is 0 Å². The van der Waals surface area contributed by atoms with Gasteiger partial charge >= 0.3 is 0 Å². The van der Waals surface area contributed by atoms with E-state index in [9.17, 15) is 5.11 Å². The van der Waals surface area contributed by atoms with Crippen LogP contribution in [0.5, 0.6) is 11.6 Å². The number of methoxy groups -OCH3 is 1. The Balaban J connectivity index is 1.48. The Bertz CT molecular complexity index is 1180. The first kappa shape index (κ1) is 20.8. The zero-order valence-electron chi connectivity index (χ0n) is 18.3. The quantitative estimate of drug-likeness (QED) is 0.480. The fourth-order valence-electron chi connectivity index (χ4n) is 4.31. The number of nitrogens with zero attached hydrogens (tertiary/aromatic N) is 5. The minimum Gasteiger partial charge on any atom is -0.497 e. The molecular weight excluding hydrogens is 422 g/mol. The van der Waals surface area contributed by atoms with Crippen molar-refractivity contribution in [3.8, 4) is 11.6 Å². The van der Waals surface area contributed by atoms with E-state index in [4.69, 9.17) is 4.74 Å². The van der Waals surface area contributed by atoms with E-state index in [1.54, 1.807) is 11.6 Å². The minimum atomic E-state index is -0.0718. The highest BCUT2D eigenvalue weighted by Gasteiger charge is 2.31. The van der Waals surface area contributed by atoms with Crippen molar-refractivity contribution in [3.63, 3.8) is 0 Å². The van der Waals surface area contributed by atoms with Crippen LogP contribution in [0.15, 0.2) is 54.6 Å². The third-order valence-electron chi connectivity index (χ3n) is 6.04. The lowest BCUT2D eigenvalue weighted by molar-refractivity contribution is 0.211. The van der Waals surface area contributed by atoms with Crippen molar-refractivity contribution in [3.05, 3.63) is 70.9 Å². The smallest absolute Gasteiger partial charge is 0.230 e. The molecule has 0 unspecified atom stereocenters. The largest absolute Gasteiger partial charge is 0.497 e. The van der Waals surface area contributed by atoms with Crippen LogP contribution in [0, 0.1) is 0 Å². The molecule has 0 amide bonds. The van der Waals surface area contributed by atoms with Crippen LogP contribution in [-0.4, -0.2) is 57.9 Å². The average Bonchev–Trinajstić information content (AvgIpc) is 3.40. The Morgan fingerprint density at radius 1 is 1.03 bits per heavy atom. The monoisotopic (exact) mass is 449 g/mol. The number of aromatic hydroxyl groups is 1. The number of rotatable bonds is 6. The number of aromatic nitrogens is 3. The zero-order chi connectivity index (χ0) is 22.1. The van der Waals surface area contributed by atoms with Gasteiger partial charge in [-0.05, 0) is 29.8 Å². The molecule has 3 heterocycles. The van der Waals surface area contributed by atoms with Crippen molar-refractivity contribution in [1.29, 1.82) is 0 Å². The summed E-state index contributed by atoms with van der Waals surface area (Å²) in [5.41, 5.74) is 2.37. The van der Waals surface area contributed by atoms with Gasteiger partial charge in [0.1, 0.15) is 5.75 Å². The molecule has 1 fully saturated rings. The van der Waals surface area contributed by atoms with Gasteiger partial charge in [-0.15, -0.1) is 5.10 Å². The second-order valence-corrected chi connectivity index (χ2v) is 8.91. The molecule has 32 heavy (non-hydrogen) atoms. The number of ether oxygens (including phenoxy) is 1. The Labute approximate surface area is 191 Å². The van der Waals surface area contributed by atoms with E-state index in [2.05, 4.69) is 56.3 Å². The van der Waals surface area contributed by atoms with E-state index in [1.807, 2.05) is 25.1 Å². The van der Waals surface area contributed by atoms with Crippen LogP contribution in [0.1, 0.15) is 29.2 Å². The maximum atomic E-state index is 11.1. The molecule has 7 nitrogen and oxygen atoms in total. The maximum Gasteiger partial charge on any atom is 0.230 e. The van der Waals surface area contributed by atoms with Crippen LogP contribution in [0.2, 0.25) is 0 Å². The molecular formula is C24H27N5O2S. The molecule has 0 bridgehead atoms. The Hall–Kier alpha value is -3.10. The lowest BCUT2D eigenvalue weighted by Crippen LogP contribution is -2.47. The van der Waals surface area contributed by atoms with Gasteiger partial charge in [-0.3, -0.25) is 4.90 Å². The van der Waals surface area contributed by atoms with Gasteiger partial charge in [0.15, 0.2) is 5.82 Å². The fraction of sp³-hybridized carbons (Fsp3) is 0.333. The predicted molar refractivity (Wildman–Crippen MR) is 127 cm³/mol. The molecule has 0 radical (unpaired) electrons. The SMILES string of the molecule is CCc1nc2sc([C@H](c3ccc(OC)cc3)N3CCN(c4ccccc4)CC3)c(O)n2n1. The summed E-state index contributed by atoms with van der Waals surface area (Å²) in [5, 5.41) is 15.6. The van der Waals surface area contributed by atoms with Gasteiger partial charge in [-0.25, -0.2) is 4.98 Å². The van der Waals surface area contributed by atoms with Gasteiger partial charge in [0.25, 0.3) is 0 Å². The number of aryl methyl sites for hydroxylation is 1. The van der Waals surface area contributed by atoms with E-state index in [-0.39, 0.29) is 11.9 Å². The van der Waals surface area contributed by atoms with Gasteiger partial charge in [-0.2, -0.15) is 4.52 Å². The molecule has 1 aliphatic rings. The van der Waals surface area contributed by atoms with Gasteiger partial charge in [0.2, 0.25) is 10.8 Å². The predicted octanol–water partition coefficient (Wildman–Crippen LogP) is 3.98. The maximum absolute atomic E-state index is 11.1. The van der Waals surface area contributed by atoms with Crippen LogP contribution in [0.25, 0.3) is 4.96 Å². The zero-order valence-corrected chi connectivity index (χ0v) is 19.1. The second-order valence-electron chi connectivity index (χ2n) is 7.90.